The summed E-state index contributed by atoms with van der Waals surface area (Å²) in [4.78, 5) is 16.9. The molecular weight excluding hydrogens is 314 g/mol. The van der Waals surface area contributed by atoms with Crippen molar-refractivity contribution in [1.82, 2.24) is 4.98 Å². The standard InChI is InChI=1S/C12H11N3O4S2/c16-12-15(6-7-19-12)9-1-3-10(4-2-9)21(17,18)14-11-13-5-8-20-11/h1-5,8H,6-7H2,(H,13,14). The summed E-state index contributed by atoms with van der Waals surface area (Å²) < 4.78 is 31.5. The van der Waals surface area contributed by atoms with E-state index in [1.807, 2.05) is 0 Å². The number of rotatable bonds is 4. The van der Waals surface area contributed by atoms with E-state index in [4.69, 9.17) is 4.74 Å². The number of nitrogens with zero attached hydrogens (tertiary/aromatic N) is 2. The van der Waals surface area contributed by atoms with Gasteiger partial charge in [-0.05, 0) is 24.3 Å². The number of aromatic nitrogens is 1. The van der Waals surface area contributed by atoms with E-state index in [2.05, 4.69) is 9.71 Å². The Morgan fingerprint density at radius 3 is 2.62 bits per heavy atom. The van der Waals surface area contributed by atoms with Gasteiger partial charge in [-0.2, -0.15) is 0 Å². The van der Waals surface area contributed by atoms with Crippen LogP contribution < -0.4 is 9.62 Å². The van der Waals surface area contributed by atoms with Crippen LogP contribution in [0.15, 0.2) is 40.7 Å². The first kappa shape index (κ1) is 13.8. The summed E-state index contributed by atoms with van der Waals surface area (Å²) in [7, 11) is -3.67. The largest absolute Gasteiger partial charge is 0.447 e. The van der Waals surface area contributed by atoms with E-state index >= 15 is 0 Å². The Morgan fingerprint density at radius 2 is 2.05 bits per heavy atom. The molecule has 1 aliphatic heterocycles. The monoisotopic (exact) mass is 325 g/mol. The van der Waals surface area contributed by atoms with Crippen LogP contribution in [0.2, 0.25) is 0 Å². The highest BCUT2D eigenvalue weighted by molar-refractivity contribution is 7.93. The normalized spacial score (nSPS) is 15.0. The Morgan fingerprint density at radius 1 is 1.29 bits per heavy atom. The van der Waals surface area contributed by atoms with Crippen molar-refractivity contribution in [2.45, 2.75) is 4.90 Å². The first-order valence-corrected chi connectivity index (χ1v) is 8.39. The molecule has 0 spiro atoms. The molecule has 0 saturated carbocycles. The van der Waals surface area contributed by atoms with Gasteiger partial charge < -0.3 is 4.74 Å². The van der Waals surface area contributed by atoms with E-state index in [-0.39, 0.29) is 4.90 Å². The number of benzene rings is 1. The third kappa shape index (κ3) is 2.83. The number of hydrogen-bond acceptors (Lipinski definition) is 6. The molecule has 0 radical (unpaired) electrons. The Labute approximate surface area is 125 Å². The lowest BCUT2D eigenvalue weighted by Crippen LogP contribution is -2.23. The van der Waals surface area contributed by atoms with Gasteiger partial charge in [0.15, 0.2) is 5.13 Å². The van der Waals surface area contributed by atoms with Gasteiger partial charge in [-0.1, -0.05) is 0 Å². The lowest BCUT2D eigenvalue weighted by Gasteiger charge is -2.13. The van der Waals surface area contributed by atoms with Crippen LogP contribution in [0.25, 0.3) is 0 Å². The summed E-state index contributed by atoms with van der Waals surface area (Å²) >= 11 is 1.20. The molecule has 1 aliphatic rings. The van der Waals surface area contributed by atoms with Crippen LogP contribution in [0.1, 0.15) is 0 Å². The van der Waals surface area contributed by atoms with Crippen molar-refractivity contribution >= 4 is 38.3 Å². The van der Waals surface area contributed by atoms with Gasteiger partial charge in [0, 0.05) is 17.3 Å². The fourth-order valence-electron chi connectivity index (χ4n) is 1.88. The second-order valence-corrected chi connectivity index (χ2v) is 6.78. The lowest BCUT2D eigenvalue weighted by atomic mass is 10.3. The smallest absolute Gasteiger partial charge is 0.414 e. The van der Waals surface area contributed by atoms with Gasteiger partial charge >= 0.3 is 6.09 Å². The third-order valence-corrected chi connectivity index (χ3v) is 5.05. The molecular formula is C12H11N3O4S2. The van der Waals surface area contributed by atoms with Crippen LogP contribution in [0.3, 0.4) is 0 Å². The highest BCUT2D eigenvalue weighted by Crippen LogP contribution is 2.23. The van der Waals surface area contributed by atoms with Crippen LogP contribution >= 0.6 is 11.3 Å². The zero-order valence-corrected chi connectivity index (χ0v) is 12.4. The molecule has 0 aliphatic carbocycles. The summed E-state index contributed by atoms with van der Waals surface area (Å²) in [6.07, 6.45) is 1.09. The molecule has 1 amide bonds. The van der Waals surface area contributed by atoms with Gasteiger partial charge in [0.05, 0.1) is 11.4 Å². The van der Waals surface area contributed by atoms with Crippen LogP contribution in [-0.4, -0.2) is 32.6 Å². The Hall–Kier alpha value is -2.13. The average molecular weight is 325 g/mol. The van der Waals surface area contributed by atoms with E-state index in [0.29, 0.717) is 24.0 Å². The van der Waals surface area contributed by atoms with Crippen molar-refractivity contribution in [3.8, 4) is 0 Å². The number of carbonyl (C=O) groups is 1. The van der Waals surface area contributed by atoms with Gasteiger partial charge in [-0.25, -0.2) is 18.2 Å². The maximum Gasteiger partial charge on any atom is 0.414 e. The maximum absolute atomic E-state index is 12.1. The second kappa shape index (κ2) is 5.34. The number of hydrogen-bond donors (Lipinski definition) is 1. The molecule has 0 bridgehead atoms. The van der Waals surface area contributed by atoms with Crippen LogP contribution in [0.4, 0.5) is 15.6 Å². The Balaban J connectivity index is 1.82. The lowest BCUT2D eigenvalue weighted by molar-refractivity contribution is 0.181. The quantitative estimate of drug-likeness (QED) is 0.927. The molecule has 1 fully saturated rings. The molecule has 2 aromatic rings. The fraction of sp³-hybridized carbons (Fsp3) is 0.167. The minimum atomic E-state index is -3.67. The number of sulfonamides is 1. The first-order chi connectivity index (χ1) is 10.1. The van der Waals surface area contributed by atoms with Gasteiger partial charge in [-0.3, -0.25) is 9.62 Å². The van der Waals surface area contributed by atoms with Gasteiger partial charge in [0.1, 0.15) is 6.61 Å². The van der Waals surface area contributed by atoms with Gasteiger partial charge in [-0.15, -0.1) is 11.3 Å². The summed E-state index contributed by atoms with van der Waals surface area (Å²) in [6, 6.07) is 6.03. The number of nitrogens with one attached hydrogen (secondary N) is 1. The van der Waals surface area contributed by atoms with Gasteiger partial charge in [0.25, 0.3) is 10.0 Å². The number of ether oxygens (including phenoxy) is 1. The van der Waals surface area contributed by atoms with Crippen LogP contribution in [-0.2, 0) is 14.8 Å². The Kier molecular flexibility index (Phi) is 3.52. The minimum Gasteiger partial charge on any atom is -0.447 e. The molecule has 0 atom stereocenters. The molecule has 7 nitrogen and oxygen atoms in total. The van der Waals surface area contributed by atoms with Crippen molar-refractivity contribution in [3.63, 3.8) is 0 Å². The van der Waals surface area contributed by atoms with Crippen LogP contribution in [0.5, 0.6) is 0 Å². The molecule has 21 heavy (non-hydrogen) atoms. The predicted octanol–water partition coefficient (Wildman–Crippen LogP) is 1.90. The highest BCUT2D eigenvalue weighted by Gasteiger charge is 2.24. The van der Waals surface area contributed by atoms with E-state index in [0.717, 1.165) is 0 Å². The summed E-state index contributed by atoms with van der Waals surface area (Å²) in [6.45, 7) is 0.798. The summed E-state index contributed by atoms with van der Waals surface area (Å²) in [5, 5.41) is 1.99. The van der Waals surface area contributed by atoms with E-state index < -0.39 is 16.1 Å². The van der Waals surface area contributed by atoms with Crippen molar-refractivity contribution < 1.29 is 17.9 Å². The zero-order valence-electron chi connectivity index (χ0n) is 10.7. The number of thiazole rings is 1. The SMILES string of the molecule is O=C1OCCN1c1ccc(S(=O)(=O)Nc2nccs2)cc1. The number of carbonyl (C=O) groups excluding carboxylic acids is 1. The zero-order chi connectivity index (χ0) is 14.9. The predicted molar refractivity (Wildman–Crippen MR) is 78.1 cm³/mol. The van der Waals surface area contributed by atoms with Crippen molar-refractivity contribution in [1.29, 1.82) is 0 Å². The molecule has 1 N–H and O–H groups in total. The number of anilines is 2. The molecule has 0 unspecified atom stereocenters. The molecule has 9 heteroatoms. The van der Waals surface area contributed by atoms with Gasteiger partial charge in [0.2, 0.25) is 0 Å². The van der Waals surface area contributed by atoms with Crippen molar-refractivity contribution in [2.24, 2.45) is 0 Å². The second-order valence-electron chi connectivity index (χ2n) is 4.20. The minimum absolute atomic E-state index is 0.106. The summed E-state index contributed by atoms with van der Waals surface area (Å²) in [5.74, 6) is 0. The molecule has 3 rings (SSSR count). The average Bonchev–Trinajstić information content (AvgIpc) is 3.10. The van der Waals surface area contributed by atoms with E-state index in [1.54, 1.807) is 17.5 Å². The molecule has 1 aromatic heterocycles. The fourth-order valence-corrected chi connectivity index (χ4v) is 3.67. The van der Waals surface area contributed by atoms with E-state index in [9.17, 15) is 13.2 Å². The van der Waals surface area contributed by atoms with E-state index in [1.165, 1.54) is 34.6 Å². The molecule has 1 saturated heterocycles. The number of cyclic esters (lactones) is 1. The maximum atomic E-state index is 12.1. The summed E-state index contributed by atoms with van der Waals surface area (Å²) in [5.41, 5.74) is 0.602. The molecule has 1 aromatic carbocycles. The van der Waals surface area contributed by atoms with Crippen molar-refractivity contribution in [2.75, 3.05) is 22.8 Å². The molecule has 2 heterocycles. The first-order valence-electron chi connectivity index (χ1n) is 6.03. The number of amides is 1. The van der Waals surface area contributed by atoms with Crippen molar-refractivity contribution in [3.05, 3.63) is 35.8 Å². The highest BCUT2D eigenvalue weighted by atomic mass is 32.2. The van der Waals surface area contributed by atoms with Crippen LogP contribution in [0, 0.1) is 0 Å². The Bertz CT molecular complexity index is 741. The topological polar surface area (TPSA) is 88.6 Å². The molecule has 110 valence electrons. The third-order valence-electron chi connectivity index (χ3n) is 2.87.